The fraction of sp³-hybridized carbons (Fsp3) is 0.929. The van der Waals surface area contributed by atoms with E-state index in [2.05, 4.69) is 34.7 Å². The summed E-state index contributed by atoms with van der Waals surface area (Å²) in [6.07, 6.45) is 4.51. The molecule has 0 saturated carbocycles. The van der Waals surface area contributed by atoms with Crippen molar-refractivity contribution >= 4 is 15.0 Å². The van der Waals surface area contributed by atoms with Crippen molar-refractivity contribution in [3.8, 4) is 0 Å². The van der Waals surface area contributed by atoms with Gasteiger partial charge in [-0.3, -0.25) is 0 Å². The maximum atomic E-state index is 5.47. The van der Waals surface area contributed by atoms with Gasteiger partial charge < -0.3 is 18.2 Å². The molecule has 1 aliphatic heterocycles. The van der Waals surface area contributed by atoms with Crippen LogP contribution in [0.1, 0.15) is 12.8 Å². The Labute approximate surface area is 130 Å². The molecular formula is C14H32N3O3Si+. The molecule has 0 radical (unpaired) electrons. The molecule has 0 N–H and O–H groups in total. The normalized spacial score (nSPS) is 17.3. The standard InChI is InChI=1S/C14H32N3O3Si/c1-15(2)11-12-17-9-6-8-16(14-17)10-7-13-21(18-3,19-4)20-5/h9H,6-8,10-14H2,1-5H3/q+1. The minimum atomic E-state index is -2.40. The maximum Gasteiger partial charge on any atom is 0.500 e. The van der Waals surface area contributed by atoms with Gasteiger partial charge in [-0.2, -0.15) is 0 Å². The molecule has 124 valence electrons. The lowest BCUT2D eigenvalue weighted by Gasteiger charge is -2.27. The summed E-state index contributed by atoms with van der Waals surface area (Å²) in [5.74, 6) is 0. The molecule has 0 aromatic heterocycles. The van der Waals surface area contributed by atoms with Gasteiger partial charge in [-0.1, -0.05) is 0 Å². The van der Waals surface area contributed by atoms with Crippen molar-refractivity contribution in [3.63, 3.8) is 0 Å². The molecule has 21 heavy (non-hydrogen) atoms. The number of nitrogens with zero attached hydrogens (tertiary/aromatic N) is 3. The molecule has 0 atom stereocenters. The van der Waals surface area contributed by atoms with Crippen LogP contribution in [-0.2, 0) is 13.3 Å². The van der Waals surface area contributed by atoms with Crippen molar-refractivity contribution in [1.29, 1.82) is 0 Å². The van der Waals surface area contributed by atoms with Crippen molar-refractivity contribution in [2.45, 2.75) is 18.9 Å². The van der Waals surface area contributed by atoms with Gasteiger partial charge in [0, 0.05) is 46.9 Å². The Morgan fingerprint density at radius 1 is 1.19 bits per heavy atom. The van der Waals surface area contributed by atoms with E-state index >= 15 is 0 Å². The molecule has 0 aliphatic carbocycles. The molecule has 0 spiro atoms. The van der Waals surface area contributed by atoms with Crippen LogP contribution in [0.4, 0.5) is 0 Å². The first-order valence-corrected chi connectivity index (χ1v) is 9.58. The van der Waals surface area contributed by atoms with Gasteiger partial charge in [0.1, 0.15) is 6.21 Å². The molecule has 6 nitrogen and oxygen atoms in total. The van der Waals surface area contributed by atoms with Crippen LogP contribution in [0.5, 0.6) is 0 Å². The van der Waals surface area contributed by atoms with Crippen LogP contribution >= 0.6 is 0 Å². The van der Waals surface area contributed by atoms with Crippen LogP contribution in [0, 0.1) is 0 Å². The van der Waals surface area contributed by atoms with Gasteiger partial charge in [-0.15, -0.1) is 0 Å². The third kappa shape index (κ3) is 6.54. The van der Waals surface area contributed by atoms with E-state index < -0.39 is 8.80 Å². The molecule has 0 bridgehead atoms. The smallest absolute Gasteiger partial charge is 0.377 e. The third-order valence-corrected chi connectivity index (χ3v) is 6.77. The highest BCUT2D eigenvalue weighted by Crippen LogP contribution is 2.15. The first kappa shape index (κ1) is 18.7. The second kappa shape index (κ2) is 9.65. The van der Waals surface area contributed by atoms with Gasteiger partial charge in [-0.25, -0.2) is 9.48 Å². The number of hydrogen-bond donors (Lipinski definition) is 0. The van der Waals surface area contributed by atoms with E-state index in [1.165, 1.54) is 0 Å². The molecular weight excluding hydrogens is 286 g/mol. The van der Waals surface area contributed by atoms with Crippen LogP contribution in [0.15, 0.2) is 0 Å². The zero-order valence-electron chi connectivity index (χ0n) is 14.3. The first-order chi connectivity index (χ1) is 10.0. The van der Waals surface area contributed by atoms with E-state index in [1.807, 2.05) is 0 Å². The molecule has 0 amide bonds. The largest absolute Gasteiger partial charge is 0.500 e. The predicted octanol–water partition coefficient (Wildman–Crippen LogP) is 0.563. The first-order valence-electron chi connectivity index (χ1n) is 7.65. The number of likely N-dealkylation sites (N-methyl/N-ethyl adjacent to an activating group) is 1. The fourth-order valence-corrected chi connectivity index (χ4v) is 4.26. The maximum absolute atomic E-state index is 5.47. The van der Waals surface area contributed by atoms with Crippen molar-refractivity contribution in [1.82, 2.24) is 9.80 Å². The summed E-state index contributed by atoms with van der Waals surface area (Å²) < 4.78 is 18.8. The summed E-state index contributed by atoms with van der Waals surface area (Å²) in [7, 11) is 6.87. The van der Waals surface area contributed by atoms with Crippen molar-refractivity contribution in [2.75, 3.05) is 68.3 Å². The van der Waals surface area contributed by atoms with Gasteiger partial charge in [0.15, 0.2) is 13.2 Å². The molecule has 7 heteroatoms. The van der Waals surface area contributed by atoms with E-state index in [0.29, 0.717) is 0 Å². The third-order valence-electron chi connectivity index (χ3n) is 3.94. The number of rotatable bonds is 10. The van der Waals surface area contributed by atoms with E-state index in [-0.39, 0.29) is 0 Å². The molecule has 1 aliphatic rings. The van der Waals surface area contributed by atoms with Gasteiger partial charge in [0.05, 0.1) is 6.54 Å². The van der Waals surface area contributed by atoms with Crippen molar-refractivity contribution < 1.29 is 17.9 Å². The second-order valence-electron chi connectivity index (χ2n) is 5.75. The van der Waals surface area contributed by atoms with Crippen LogP contribution in [0.2, 0.25) is 6.04 Å². The molecule has 0 fully saturated rings. The Balaban J connectivity index is 2.31. The molecule has 1 heterocycles. The van der Waals surface area contributed by atoms with Crippen molar-refractivity contribution in [2.24, 2.45) is 0 Å². The molecule has 1 rings (SSSR count). The van der Waals surface area contributed by atoms with Crippen LogP contribution in [0.25, 0.3) is 0 Å². The van der Waals surface area contributed by atoms with Gasteiger partial charge >= 0.3 is 8.80 Å². The Morgan fingerprint density at radius 2 is 1.86 bits per heavy atom. The highest BCUT2D eigenvalue weighted by atomic mass is 28.4. The van der Waals surface area contributed by atoms with E-state index in [9.17, 15) is 0 Å². The Hall–Kier alpha value is -0.313. The SMILES string of the molecule is CO[Si](CCCN1CCC=[N+](CCN(C)C)C1)(OC)OC. The summed E-state index contributed by atoms with van der Waals surface area (Å²) in [4.78, 5) is 4.72. The highest BCUT2D eigenvalue weighted by molar-refractivity contribution is 6.60. The second-order valence-corrected chi connectivity index (χ2v) is 8.84. The van der Waals surface area contributed by atoms with Crippen LogP contribution in [-0.4, -0.2) is 97.7 Å². The lowest BCUT2D eigenvalue weighted by molar-refractivity contribution is -0.550. The fourth-order valence-electron chi connectivity index (χ4n) is 2.56. The summed E-state index contributed by atoms with van der Waals surface area (Å²) in [5, 5.41) is 0. The highest BCUT2D eigenvalue weighted by Gasteiger charge is 2.37. The van der Waals surface area contributed by atoms with E-state index in [1.54, 1.807) is 21.3 Å². The van der Waals surface area contributed by atoms with Gasteiger partial charge in [0.25, 0.3) is 0 Å². The summed E-state index contributed by atoms with van der Waals surface area (Å²) in [6, 6.07) is 0.869. The molecule has 0 aromatic rings. The summed E-state index contributed by atoms with van der Waals surface area (Å²) >= 11 is 0. The van der Waals surface area contributed by atoms with Crippen molar-refractivity contribution in [3.05, 3.63) is 0 Å². The average Bonchev–Trinajstić information content (AvgIpc) is 2.50. The lowest BCUT2D eigenvalue weighted by atomic mass is 10.3. The van der Waals surface area contributed by atoms with Gasteiger partial charge in [-0.05, 0) is 20.5 Å². The quantitative estimate of drug-likeness (QED) is 0.435. The molecule has 0 aromatic carbocycles. The Morgan fingerprint density at radius 3 is 2.43 bits per heavy atom. The zero-order chi connectivity index (χ0) is 15.7. The Bertz CT molecular complexity index is 314. The Kier molecular flexibility index (Phi) is 8.61. The van der Waals surface area contributed by atoms with E-state index in [4.69, 9.17) is 13.3 Å². The van der Waals surface area contributed by atoms with Gasteiger partial charge in [0.2, 0.25) is 0 Å². The summed E-state index contributed by atoms with van der Waals surface area (Å²) in [5.41, 5.74) is 0. The molecule has 0 unspecified atom stereocenters. The monoisotopic (exact) mass is 318 g/mol. The summed E-state index contributed by atoms with van der Waals surface area (Å²) in [6.45, 7) is 5.42. The zero-order valence-corrected chi connectivity index (χ0v) is 15.3. The van der Waals surface area contributed by atoms with E-state index in [0.717, 1.165) is 51.7 Å². The molecule has 0 saturated heterocycles. The minimum absolute atomic E-state index is 0.869. The predicted molar refractivity (Wildman–Crippen MR) is 87.0 cm³/mol. The van der Waals surface area contributed by atoms with Crippen LogP contribution < -0.4 is 0 Å². The van der Waals surface area contributed by atoms with Crippen LogP contribution in [0.3, 0.4) is 0 Å². The topological polar surface area (TPSA) is 37.2 Å². The average molecular weight is 319 g/mol. The number of hydrogen-bond acceptors (Lipinski definition) is 5. The lowest BCUT2D eigenvalue weighted by Crippen LogP contribution is -2.44. The minimum Gasteiger partial charge on any atom is -0.377 e.